The highest BCUT2D eigenvalue weighted by Crippen LogP contribution is 2.24. The third kappa shape index (κ3) is 5.25. The van der Waals surface area contributed by atoms with Crippen LogP contribution in [0.3, 0.4) is 0 Å². The van der Waals surface area contributed by atoms with Crippen LogP contribution in [0.1, 0.15) is 42.8 Å². The zero-order chi connectivity index (χ0) is 15.9. The molecule has 1 fully saturated rings. The maximum absolute atomic E-state index is 12.1. The Morgan fingerprint density at radius 1 is 1.50 bits per heavy atom. The van der Waals surface area contributed by atoms with Crippen LogP contribution in [-0.2, 0) is 6.42 Å². The zero-order valence-electron chi connectivity index (χ0n) is 13.5. The van der Waals surface area contributed by atoms with E-state index in [4.69, 9.17) is 0 Å². The van der Waals surface area contributed by atoms with Crippen LogP contribution in [0.5, 0.6) is 0 Å². The van der Waals surface area contributed by atoms with Gasteiger partial charge in [-0.2, -0.15) is 0 Å². The normalized spacial score (nSPS) is 21.6. The van der Waals surface area contributed by atoms with Crippen molar-refractivity contribution in [3.05, 3.63) is 16.1 Å². The van der Waals surface area contributed by atoms with Crippen LogP contribution in [-0.4, -0.2) is 47.3 Å². The number of nitrogens with one attached hydrogen (secondary N) is 1. The number of aliphatic hydroxyl groups excluding tert-OH is 1. The van der Waals surface area contributed by atoms with Crippen LogP contribution < -0.4 is 5.32 Å². The molecule has 0 aromatic carbocycles. The average Bonchev–Trinajstić information content (AvgIpc) is 2.91. The van der Waals surface area contributed by atoms with E-state index in [1.54, 1.807) is 23.3 Å². The largest absolute Gasteiger partial charge is 0.393 e. The molecular formula is C16H27N3O2S. The Labute approximate surface area is 136 Å². The summed E-state index contributed by atoms with van der Waals surface area (Å²) in [6.45, 7) is 3.30. The first-order valence-electron chi connectivity index (χ1n) is 8.14. The molecule has 2 rings (SSSR count). The van der Waals surface area contributed by atoms with Gasteiger partial charge < -0.3 is 15.3 Å². The fraction of sp³-hybridized carbons (Fsp3) is 0.750. The van der Waals surface area contributed by atoms with Gasteiger partial charge in [0.2, 0.25) is 0 Å². The summed E-state index contributed by atoms with van der Waals surface area (Å²) in [5.74, 6) is 0.225. The minimum atomic E-state index is -0.253. The molecule has 2 atom stereocenters. The molecule has 1 saturated carbocycles. The molecule has 1 aromatic rings. The van der Waals surface area contributed by atoms with Crippen LogP contribution in [0.15, 0.2) is 5.38 Å². The number of amides is 2. The molecular weight excluding hydrogens is 298 g/mol. The molecule has 1 heterocycles. The maximum atomic E-state index is 12.1. The van der Waals surface area contributed by atoms with Gasteiger partial charge in [-0.05, 0) is 26.2 Å². The van der Waals surface area contributed by atoms with Crippen LogP contribution in [0.25, 0.3) is 0 Å². The second-order valence-corrected chi connectivity index (χ2v) is 7.15. The summed E-state index contributed by atoms with van der Waals surface area (Å²) in [5.41, 5.74) is 1.06. The topological polar surface area (TPSA) is 65.5 Å². The van der Waals surface area contributed by atoms with E-state index in [1.807, 2.05) is 6.92 Å². The zero-order valence-corrected chi connectivity index (χ0v) is 14.4. The van der Waals surface area contributed by atoms with Crippen molar-refractivity contribution >= 4 is 17.4 Å². The predicted molar refractivity (Wildman–Crippen MR) is 89.2 cm³/mol. The van der Waals surface area contributed by atoms with Gasteiger partial charge >= 0.3 is 6.03 Å². The molecule has 0 radical (unpaired) electrons. The average molecular weight is 325 g/mol. The molecule has 6 heteroatoms. The second kappa shape index (κ2) is 8.48. The van der Waals surface area contributed by atoms with Gasteiger partial charge in [-0.25, -0.2) is 9.78 Å². The number of aromatic nitrogens is 1. The number of carbonyl (C=O) groups is 1. The first-order chi connectivity index (χ1) is 10.6. The Kier molecular flexibility index (Phi) is 6.64. The van der Waals surface area contributed by atoms with E-state index >= 15 is 0 Å². The van der Waals surface area contributed by atoms with E-state index in [-0.39, 0.29) is 18.1 Å². The SMILES string of the molecule is Cc1csc(CCCNC(=O)N(C)C[C@@H]2CCCC[C@H]2O)n1. The van der Waals surface area contributed by atoms with E-state index in [0.717, 1.165) is 49.2 Å². The monoisotopic (exact) mass is 325 g/mol. The molecule has 0 spiro atoms. The molecule has 1 aromatic heterocycles. The van der Waals surface area contributed by atoms with E-state index in [9.17, 15) is 9.90 Å². The van der Waals surface area contributed by atoms with Gasteiger partial charge in [0, 0.05) is 43.5 Å². The minimum absolute atomic E-state index is 0.0481. The molecule has 22 heavy (non-hydrogen) atoms. The Bertz CT molecular complexity index is 478. The summed E-state index contributed by atoms with van der Waals surface area (Å²) < 4.78 is 0. The number of urea groups is 1. The maximum Gasteiger partial charge on any atom is 0.317 e. The smallest absolute Gasteiger partial charge is 0.317 e. The van der Waals surface area contributed by atoms with Crippen LogP contribution in [0.2, 0.25) is 0 Å². The summed E-state index contributed by atoms with van der Waals surface area (Å²) >= 11 is 1.68. The Hall–Kier alpha value is -1.14. The number of aryl methyl sites for hydroxylation is 2. The number of aliphatic hydroxyl groups is 1. The van der Waals surface area contributed by atoms with Crippen molar-refractivity contribution in [3.63, 3.8) is 0 Å². The van der Waals surface area contributed by atoms with Gasteiger partial charge in [0.1, 0.15) is 0 Å². The lowest BCUT2D eigenvalue weighted by Crippen LogP contribution is -2.43. The van der Waals surface area contributed by atoms with Crippen molar-refractivity contribution in [1.82, 2.24) is 15.2 Å². The highest BCUT2D eigenvalue weighted by Gasteiger charge is 2.25. The van der Waals surface area contributed by atoms with Crippen molar-refractivity contribution in [2.75, 3.05) is 20.1 Å². The van der Waals surface area contributed by atoms with Crippen LogP contribution in [0.4, 0.5) is 4.79 Å². The highest BCUT2D eigenvalue weighted by atomic mass is 32.1. The number of hydrogen-bond acceptors (Lipinski definition) is 4. The fourth-order valence-electron chi connectivity index (χ4n) is 2.92. The van der Waals surface area contributed by atoms with Gasteiger partial charge in [-0.1, -0.05) is 12.8 Å². The van der Waals surface area contributed by atoms with E-state index in [2.05, 4.69) is 15.7 Å². The Morgan fingerprint density at radius 3 is 2.95 bits per heavy atom. The predicted octanol–water partition coefficient (Wildman–Crippen LogP) is 2.58. The number of hydrogen-bond donors (Lipinski definition) is 2. The third-order valence-electron chi connectivity index (χ3n) is 4.23. The lowest BCUT2D eigenvalue weighted by atomic mass is 9.86. The van der Waals surface area contributed by atoms with Gasteiger partial charge in [0.25, 0.3) is 0 Å². The first kappa shape index (κ1) is 17.2. The molecule has 124 valence electrons. The van der Waals surface area contributed by atoms with Crippen molar-refractivity contribution < 1.29 is 9.90 Å². The molecule has 0 aliphatic heterocycles. The van der Waals surface area contributed by atoms with Crippen LogP contribution in [0, 0.1) is 12.8 Å². The van der Waals surface area contributed by atoms with Gasteiger partial charge in [0.15, 0.2) is 0 Å². The lowest BCUT2D eigenvalue weighted by molar-refractivity contribution is 0.0565. The summed E-state index contributed by atoms with van der Waals surface area (Å²) in [5, 5.41) is 16.1. The summed E-state index contributed by atoms with van der Waals surface area (Å²) in [4.78, 5) is 18.2. The molecule has 0 saturated heterocycles. The molecule has 2 amide bonds. The van der Waals surface area contributed by atoms with E-state index in [0.29, 0.717) is 13.1 Å². The van der Waals surface area contributed by atoms with Crippen molar-refractivity contribution in [3.8, 4) is 0 Å². The first-order valence-corrected chi connectivity index (χ1v) is 9.02. The minimum Gasteiger partial charge on any atom is -0.393 e. The van der Waals surface area contributed by atoms with Crippen molar-refractivity contribution in [2.24, 2.45) is 5.92 Å². The third-order valence-corrected chi connectivity index (χ3v) is 5.26. The number of thiazole rings is 1. The van der Waals surface area contributed by atoms with Gasteiger partial charge in [0.05, 0.1) is 11.1 Å². The van der Waals surface area contributed by atoms with Crippen molar-refractivity contribution in [1.29, 1.82) is 0 Å². The molecule has 0 unspecified atom stereocenters. The van der Waals surface area contributed by atoms with Crippen molar-refractivity contribution in [2.45, 2.75) is 51.6 Å². The Balaban J connectivity index is 1.63. The molecule has 2 N–H and O–H groups in total. The standard InChI is InChI=1S/C16H27N3O2S/c1-12-11-22-15(18-12)8-5-9-17-16(21)19(2)10-13-6-3-4-7-14(13)20/h11,13-14,20H,3-10H2,1-2H3,(H,17,21)/t13-,14+/m0/s1. The summed E-state index contributed by atoms with van der Waals surface area (Å²) in [6, 6.07) is -0.0481. The van der Waals surface area contributed by atoms with Gasteiger partial charge in [-0.3, -0.25) is 0 Å². The fourth-order valence-corrected chi connectivity index (χ4v) is 3.74. The number of rotatable bonds is 6. The molecule has 0 bridgehead atoms. The quantitative estimate of drug-likeness (QED) is 0.790. The molecule has 1 aliphatic carbocycles. The molecule has 1 aliphatic rings. The summed E-state index contributed by atoms with van der Waals surface area (Å²) in [6.07, 6.45) is 5.70. The lowest BCUT2D eigenvalue weighted by Gasteiger charge is -2.31. The van der Waals surface area contributed by atoms with Gasteiger partial charge in [-0.15, -0.1) is 11.3 Å². The van der Waals surface area contributed by atoms with E-state index < -0.39 is 0 Å². The number of carbonyl (C=O) groups excluding carboxylic acids is 1. The highest BCUT2D eigenvalue weighted by molar-refractivity contribution is 7.09. The Morgan fingerprint density at radius 2 is 2.27 bits per heavy atom. The molecule has 5 nitrogen and oxygen atoms in total. The number of nitrogens with zero attached hydrogens (tertiary/aromatic N) is 2. The summed E-state index contributed by atoms with van der Waals surface area (Å²) in [7, 11) is 1.81. The van der Waals surface area contributed by atoms with E-state index in [1.165, 1.54) is 0 Å². The van der Waals surface area contributed by atoms with Crippen LogP contribution >= 0.6 is 11.3 Å². The second-order valence-electron chi connectivity index (χ2n) is 6.21.